The summed E-state index contributed by atoms with van der Waals surface area (Å²) in [6.45, 7) is 2.29. The average molecular weight is 482 g/mol. The van der Waals surface area contributed by atoms with Gasteiger partial charge in [-0.05, 0) is 54.7 Å². The third-order valence-corrected chi connectivity index (χ3v) is 6.61. The van der Waals surface area contributed by atoms with E-state index in [-0.39, 0.29) is 18.3 Å². The number of allylic oxidation sites excluding steroid dienone is 3. The first-order chi connectivity index (χ1) is 16.4. The summed E-state index contributed by atoms with van der Waals surface area (Å²) in [4.78, 5) is 26.7. The Morgan fingerprint density at radius 1 is 1.00 bits per heavy atom. The molecule has 0 saturated carbocycles. The number of esters is 1. The number of methoxy groups -OCH3 is 2. The Morgan fingerprint density at radius 3 is 2.32 bits per heavy atom. The molecular formula is C27H28ClNO5. The molecule has 1 N–H and O–H groups in total. The topological polar surface area (TPSA) is 73.9 Å². The van der Waals surface area contributed by atoms with Crippen LogP contribution in [0.2, 0.25) is 5.02 Å². The highest BCUT2D eigenvalue weighted by Crippen LogP contribution is 2.46. The normalized spacial score (nSPS) is 20.1. The lowest BCUT2D eigenvalue weighted by atomic mass is 9.72. The summed E-state index contributed by atoms with van der Waals surface area (Å²) in [6.07, 6.45) is 1.03. The molecule has 2 aromatic rings. The summed E-state index contributed by atoms with van der Waals surface area (Å²) < 4.78 is 15.7. The van der Waals surface area contributed by atoms with E-state index in [1.807, 2.05) is 43.3 Å². The van der Waals surface area contributed by atoms with Gasteiger partial charge in [0.15, 0.2) is 5.78 Å². The van der Waals surface area contributed by atoms with Gasteiger partial charge < -0.3 is 19.5 Å². The molecule has 0 fully saturated rings. The zero-order valence-corrected chi connectivity index (χ0v) is 20.3. The van der Waals surface area contributed by atoms with Crippen molar-refractivity contribution in [3.63, 3.8) is 0 Å². The number of dihydropyridines is 1. The Morgan fingerprint density at radius 2 is 1.68 bits per heavy atom. The minimum Gasteiger partial charge on any atom is -0.497 e. The molecule has 0 bridgehead atoms. The fourth-order valence-corrected chi connectivity index (χ4v) is 4.83. The predicted molar refractivity (Wildman–Crippen MR) is 130 cm³/mol. The van der Waals surface area contributed by atoms with Crippen LogP contribution >= 0.6 is 11.6 Å². The number of carbonyl (C=O) groups is 2. The summed E-state index contributed by atoms with van der Waals surface area (Å²) >= 11 is 6.12. The van der Waals surface area contributed by atoms with Crippen LogP contribution in [0.25, 0.3) is 0 Å². The van der Waals surface area contributed by atoms with Gasteiger partial charge in [-0.25, -0.2) is 4.79 Å². The minimum atomic E-state index is -0.520. The van der Waals surface area contributed by atoms with E-state index in [9.17, 15) is 9.59 Å². The van der Waals surface area contributed by atoms with Crippen LogP contribution in [0.4, 0.5) is 0 Å². The van der Waals surface area contributed by atoms with Gasteiger partial charge in [0.2, 0.25) is 0 Å². The fourth-order valence-electron chi connectivity index (χ4n) is 4.71. The first-order valence-corrected chi connectivity index (χ1v) is 11.6. The van der Waals surface area contributed by atoms with Crippen LogP contribution in [0.5, 0.6) is 5.75 Å². The second kappa shape index (κ2) is 10.5. The quantitative estimate of drug-likeness (QED) is 0.448. The van der Waals surface area contributed by atoms with Crippen LogP contribution in [0.1, 0.15) is 42.7 Å². The smallest absolute Gasteiger partial charge is 0.336 e. The maximum absolute atomic E-state index is 13.6. The number of ether oxygens (including phenoxy) is 3. The number of rotatable bonds is 7. The molecule has 0 unspecified atom stereocenters. The molecule has 1 aliphatic heterocycles. The van der Waals surface area contributed by atoms with E-state index < -0.39 is 11.9 Å². The molecule has 178 valence electrons. The van der Waals surface area contributed by atoms with Gasteiger partial charge in [0.1, 0.15) is 12.4 Å². The molecule has 0 spiro atoms. The summed E-state index contributed by atoms with van der Waals surface area (Å²) in [6, 6.07) is 15.1. The number of halogens is 1. The molecule has 2 atom stereocenters. The van der Waals surface area contributed by atoms with E-state index in [1.165, 1.54) is 0 Å². The largest absolute Gasteiger partial charge is 0.497 e. The Labute approximate surface area is 204 Å². The van der Waals surface area contributed by atoms with Crippen molar-refractivity contribution >= 4 is 23.4 Å². The van der Waals surface area contributed by atoms with E-state index in [0.717, 1.165) is 22.6 Å². The summed E-state index contributed by atoms with van der Waals surface area (Å²) in [7, 11) is 3.18. The lowest BCUT2D eigenvalue weighted by Gasteiger charge is -2.36. The lowest BCUT2D eigenvalue weighted by Crippen LogP contribution is -2.36. The third-order valence-electron chi connectivity index (χ3n) is 6.36. The van der Waals surface area contributed by atoms with Crippen molar-refractivity contribution in [1.82, 2.24) is 5.32 Å². The zero-order valence-electron chi connectivity index (χ0n) is 19.5. The first kappa shape index (κ1) is 24.0. The molecule has 1 aliphatic carbocycles. The molecule has 2 aromatic carbocycles. The van der Waals surface area contributed by atoms with Crippen LogP contribution in [0.3, 0.4) is 0 Å². The van der Waals surface area contributed by atoms with E-state index in [1.54, 1.807) is 26.4 Å². The lowest BCUT2D eigenvalue weighted by molar-refractivity contribution is -0.140. The number of Topliss-reactive ketones (excluding diaryl/α,β-unsaturated/α-hetero) is 1. The van der Waals surface area contributed by atoms with Gasteiger partial charge in [-0.15, -0.1) is 0 Å². The van der Waals surface area contributed by atoms with Crippen molar-refractivity contribution in [2.24, 2.45) is 0 Å². The van der Waals surface area contributed by atoms with Gasteiger partial charge in [0.25, 0.3) is 0 Å². The van der Waals surface area contributed by atoms with Gasteiger partial charge in [-0.2, -0.15) is 0 Å². The van der Waals surface area contributed by atoms with Crippen molar-refractivity contribution in [2.75, 3.05) is 27.4 Å². The highest BCUT2D eigenvalue weighted by Gasteiger charge is 2.41. The molecule has 6 nitrogen and oxygen atoms in total. The third kappa shape index (κ3) is 4.88. The van der Waals surface area contributed by atoms with Crippen LogP contribution in [0, 0.1) is 0 Å². The number of hydrogen-bond acceptors (Lipinski definition) is 6. The summed E-state index contributed by atoms with van der Waals surface area (Å²) in [5.74, 6) is -0.144. The van der Waals surface area contributed by atoms with E-state index >= 15 is 0 Å². The Hall–Kier alpha value is -3.09. The molecule has 2 aliphatic rings. The molecule has 4 rings (SSSR count). The van der Waals surface area contributed by atoms with Gasteiger partial charge in [0, 0.05) is 41.4 Å². The summed E-state index contributed by atoms with van der Waals surface area (Å²) in [5.41, 5.74) is 4.50. The number of ketones is 1. The van der Waals surface area contributed by atoms with Gasteiger partial charge >= 0.3 is 5.97 Å². The predicted octanol–water partition coefficient (Wildman–Crippen LogP) is 4.90. The van der Waals surface area contributed by atoms with Crippen LogP contribution in [-0.4, -0.2) is 39.2 Å². The molecule has 7 heteroatoms. The maximum atomic E-state index is 13.6. The van der Waals surface area contributed by atoms with E-state index in [0.29, 0.717) is 41.3 Å². The second-order valence-corrected chi connectivity index (χ2v) is 8.91. The molecule has 1 heterocycles. The molecule has 0 amide bonds. The van der Waals surface area contributed by atoms with Gasteiger partial charge in [-0.3, -0.25) is 4.79 Å². The maximum Gasteiger partial charge on any atom is 0.336 e. The highest BCUT2D eigenvalue weighted by atomic mass is 35.5. The number of carbonyl (C=O) groups excluding carboxylic acids is 2. The first-order valence-electron chi connectivity index (χ1n) is 11.2. The van der Waals surface area contributed by atoms with Crippen molar-refractivity contribution in [3.05, 3.63) is 87.2 Å². The van der Waals surface area contributed by atoms with Crippen LogP contribution in [0.15, 0.2) is 71.1 Å². The van der Waals surface area contributed by atoms with Crippen molar-refractivity contribution in [1.29, 1.82) is 0 Å². The van der Waals surface area contributed by atoms with Crippen molar-refractivity contribution < 1.29 is 23.8 Å². The Kier molecular flexibility index (Phi) is 7.39. The molecule has 0 aromatic heterocycles. The second-order valence-electron chi connectivity index (χ2n) is 8.47. The number of benzene rings is 2. The van der Waals surface area contributed by atoms with Crippen molar-refractivity contribution in [3.8, 4) is 5.75 Å². The molecule has 34 heavy (non-hydrogen) atoms. The van der Waals surface area contributed by atoms with Crippen LogP contribution < -0.4 is 10.1 Å². The Bertz CT molecular complexity index is 1130. The monoisotopic (exact) mass is 481 g/mol. The zero-order chi connectivity index (χ0) is 24.2. The van der Waals surface area contributed by atoms with Gasteiger partial charge in [0.05, 0.1) is 19.3 Å². The number of nitrogens with one attached hydrogen (secondary N) is 1. The highest BCUT2D eigenvalue weighted by molar-refractivity contribution is 6.30. The minimum absolute atomic E-state index is 0.0178. The van der Waals surface area contributed by atoms with Crippen LogP contribution in [-0.2, 0) is 19.1 Å². The molecule has 0 radical (unpaired) electrons. The van der Waals surface area contributed by atoms with E-state index in [2.05, 4.69) is 5.32 Å². The fraction of sp³-hybridized carbons (Fsp3) is 0.333. The Balaban J connectivity index is 1.72. The summed E-state index contributed by atoms with van der Waals surface area (Å²) in [5, 5.41) is 3.95. The SMILES string of the molecule is COCCOC(=O)C1=C(C)NC2=C(C(=O)C[C@@H](c3ccc(OC)cc3)C2)[C@@H]1c1ccc(Cl)cc1. The van der Waals surface area contributed by atoms with Crippen molar-refractivity contribution in [2.45, 2.75) is 31.6 Å². The van der Waals surface area contributed by atoms with E-state index in [4.69, 9.17) is 25.8 Å². The van der Waals surface area contributed by atoms with Gasteiger partial charge in [-0.1, -0.05) is 35.9 Å². The number of hydrogen-bond donors (Lipinski definition) is 1. The molecule has 0 saturated heterocycles. The molecular weight excluding hydrogens is 454 g/mol. The standard InChI is InChI=1S/C27H28ClNO5/c1-16-24(27(31)34-13-12-32-2)25(18-4-8-20(28)9-5-18)26-22(29-16)14-19(15-23(26)30)17-6-10-21(33-3)11-7-17/h4-11,19,25,29H,12-15H2,1-3H3/t19-,25+/m0/s1. The average Bonchev–Trinajstić information content (AvgIpc) is 2.83.